The van der Waals surface area contributed by atoms with Crippen molar-refractivity contribution < 1.29 is 9.90 Å². The quantitative estimate of drug-likeness (QED) is 0.886. The summed E-state index contributed by atoms with van der Waals surface area (Å²) in [5.41, 5.74) is 0.702. The van der Waals surface area contributed by atoms with Gasteiger partial charge in [-0.15, -0.1) is 0 Å². The number of fused-ring (bicyclic) bond motifs is 1. The number of nitrogens with zero attached hydrogens (tertiary/aromatic N) is 1. The molecule has 3 rings (SSSR count). The summed E-state index contributed by atoms with van der Waals surface area (Å²) in [6.07, 6.45) is 4.90. The summed E-state index contributed by atoms with van der Waals surface area (Å²) in [5, 5.41) is 10.3. The molecule has 1 heterocycles. The van der Waals surface area contributed by atoms with Crippen LogP contribution in [0.3, 0.4) is 0 Å². The number of hydrogen-bond acceptors (Lipinski definition) is 2. The number of rotatable bonds is 2. The van der Waals surface area contributed by atoms with Gasteiger partial charge >= 0.3 is 0 Å². The maximum atomic E-state index is 12.5. The average molecular weight is 259 g/mol. The fraction of sp³-hybridized carbons (Fsp3) is 0.562. The number of piperidine rings is 1. The van der Waals surface area contributed by atoms with Gasteiger partial charge in [0.15, 0.2) is 6.10 Å². The van der Waals surface area contributed by atoms with Crippen LogP contribution in [0.2, 0.25) is 0 Å². The third-order valence-electron chi connectivity index (χ3n) is 4.63. The van der Waals surface area contributed by atoms with E-state index in [4.69, 9.17) is 0 Å². The smallest absolute Gasteiger partial charge is 0.256 e. The SMILES string of the molecule is O=C(C(O)c1ccccc1)N1CCCC2CCCC21. The van der Waals surface area contributed by atoms with Crippen molar-refractivity contribution in [3.8, 4) is 0 Å². The zero-order valence-electron chi connectivity index (χ0n) is 11.2. The van der Waals surface area contributed by atoms with E-state index in [1.807, 2.05) is 35.2 Å². The largest absolute Gasteiger partial charge is 0.378 e. The molecule has 1 N–H and O–H groups in total. The molecule has 102 valence electrons. The van der Waals surface area contributed by atoms with Crippen molar-refractivity contribution in [1.29, 1.82) is 0 Å². The lowest BCUT2D eigenvalue weighted by Gasteiger charge is -2.38. The summed E-state index contributed by atoms with van der Waals surface area (Å²) in [6, 6.07) is 9.63. The van der Waals surface area contributed by atoms with Crippen molar-refractivity contribution in [1.82, 2.24) is 4.90 Å². The topological polar surface area (TPSA) is 40.5 Å². The highest BCUT2D eigenvalue weighted by Gasteiger charge is 2.39. The molecule has 1 amide bonds. The lowest BCUT2D eigenvalue weighted by molar-refractivity contribution is -0.145. The number of carbonyl (C=O) groups excluding carboxylic acids is 1. The standard InChI is InChI=1S/C16H21NO2/c18-15(13-6-2-1-3-7-13)16(19)17-11-5-9-12-8-4-10-14(12)17/h1-3,6-7,12,14-15,18H,4-5,8-11H2. The number of amides is 1. The second-order valence-electron chi connectivity index (χ2n) is 5.75. The average Bonchev–Trinajstić information content (AvgIpc) is 2.95. The summed E-state index contributed by atoms with van der Waals surface area (Å²) in [7, 11) is 0. The molecule has 1 aromatic rings. The van der Waals surface area contributed by atoms with Gasteiger partial charge in [0.1, 0.15) is 0 Å². The van der Waals surface area contributed by atoms with Gasteiger partial charge in [0.05, 0.1) is 0 Å². The molecule has 1 saturated carbocycles. The predicted octanol–water partition coefficient (Wildman–Crippen LogP) is 2.51. The minimum Gasteiger partial charge on any atom is -0.378 e. The first-order valence-corrected chi connectivity index (χ1v) is 7.31. The van der Waals surface area contributed by atoms with E-state index < -0.39 is 6.10 Å². The first kappa shape index (κ1) is 12.7. The molecule has 3 nitrogen and oxygen atoms in total. The van der Waals surface area contributed by atoms with E-state index in [0.717, 1.165) is 19.4 Å². The molecule has 0 radical (unpaired) electrons. The predicted molar refractivity (Wildman–Crippen MR) is 73.5 cm³/mol. The Hall–Kier alpha value is -1.35. The minimum absolute atomic E-state index is 0.109. The van der Waals surface area contributed by atoms with Gasteiger partial charge in [-0.1, -0.05) is 36.8 Å². The molecule has 1 saturated heterocycles. The van der Waals surface area contributed by atoms with Crippen molar-refractivity contribution in [2.24, 2.45) is 5.92 Å². The Morgan fingerprint density at radius 1 is 1.16 bits per heavy atom. The van der Waals surface area contributed by atoms with Crippen LogP contribution in [0.1, 0.15) is 43.8 Å². The fourth-order valence-electron chi connectivity index (χ4n) is 3.66. The van der Waals surface area contributed by atoms with Gasteiger partial charge in [-0.2, -0.15) is 0 Å². The normalized spacial score (nSPS) is 27.9. The molecule has 0 aromatic heterocycles. The number of carbonyl (C=O) groups is 1. The molecule has 1 aliphatic heterocycles. The first-order valence-electron chi connectivity index (χ1n) is 7.31. The van der Waals surface area contributed by atoms with E-state index in [2.05, 4.69) is 0 Å². The Labute approximate surface area is 114 Å². The van der Waals surface area contributed by atoms with Gasteiger partial charge in [0.2, 0.25) is 0 Å². The maximum Gasteiger partial charge on any atom is 0.256 e. The van der Waals surface area contributed by atoms with Gasteiger partial charge in [-0.3, -0.25) is 4.79 Å². The Kier molecular flexibility index (Phi) is 3.56. The summed E-state index contributed by atoms with van der Waals surface area (Å²) in [5.74, 6) is 0.559. The third-order valence-corrected chi connectivity index (χ3v) is 4.63. The van der Waals surface area contributed by atoms with E-state index in [1.54, 1.807) is 0 Å². The summed E-state index contributed by atoms with van der Waals surface area (Å²) in [6.45, 7) is 0.809. The second kappa shape index (κ2) is 5.33. The van der Waals surface area contributed by atoms with Crippen LogP contribution >= 0.6 is 0 Å². The van der Waals surface area contributed by atoms with Crippen molar-refractivity contribution >= 4 is 5.91 Å². The molecule has 3 atom stereocenters. The van der Waals surface area contributed by atoms with Crippen LogP contribution < -0.4 is 0 Å². The molecule has 3 heteroatoms. The summed E-state index contributed by atoms with van der Waals surface area (Å²) in [4.78, 5) is 14.5. The van der Waals surface area contributed by atoms with Gasteiger partial charge < -0.3 is 10.0 Å². The number of aliphatic hydroxyl groups is 1. The highest BCUT2D eigenvalue weighted by molar-refractivity contribution is 5.82. The maximum absolute atomic E-state index is 12.5. The van der Waals surface area contributed by atoms with Crippen LogP contribution in [0.5, 0.6) is 0 Å². The second-order valence-corrected chi connectivity index (χ2v) is 5.75. The van der Waals surface area contributed by atoms with Gasteiger partial charge in [0, 0.05) is 12.6 Å². The molecule has 3 unspecified atom stereocenters. The Bertz CT molecular complexity index is 445. The molecular formula is C16H21NO2. The Balaban J connectivity index is 1.76. The van der Waals surface area contributed by atoms with E-state index in [1.165, 1.54) is 19.3 Å². The van der Waals surface area contributed by atoms with E-state index in [0.29, 0.717) is 17.5 Å². The number of benzene rings is 1. The van der Waals surface area contributed by atoms with Crippen molar-refractivity contribution in [3.05, 3.63) is 35.9 Å². The lowest BCUT2D eigenvalue weighted by Crippen LogP contribution is -2.48. The van der Waals surface area contributed by atoms with Crippen molar-refractivity contribution in [2.75, 3.05) is 6.54 Å². The zero-order valence-corrected chi connectivity index (χ0v) is 11.2. The Morgan fingerprint density at radius 2 is 1.89 bits per heavy atom. The van der Waals surface area contributed by atoms with Crippen LogP contribution in [0.15, 0.2) is 30.3 Å². The van der Waals surface area contributed by atoms with Crippen LogP contribution in [0, 0.1) is 5.92 Å². The molecule has 1 aliphatic carbocycles. The van der Waals surface area contributed by atoms with Gasteiger partial charge in [-0.05, 0) is 37.2 Å². The van der Waals surface area contributed by atoms with Crippen LogP contribution in [0.25, 0.3) is 0 Å². The minimum atomic E-state index is -0.999. The molecule has 19 heavy (non-hydrogen) atoms. The van der Waals surface area contributed by atoms with Gasteiger partial charge in [-0.25, -0.2) is 0 Å². The number of hydrogen-bond donors (Lipinski definition) is 1. The third kappa shape index (κ3) is 2.39. The zero-order chi connectivity index (χ0) is 13.2. The van der Waals surface area contributed by atoms with E-state index in [-0.39, 0.29) is 5.91 Å². The molecule has 1 aromatic carbocycles. The van der Waals surface area contributed by atoms with Crippen molar-refractivity contribution in [3.63, 3.8) is 0 Å². The lowest BCUT2D eigenvalue weighted by atomic mass is 9.91. The highest BCUT2D eigenvalue weighted by Crippen LogP contribution is 2.37. The van der Waals surface area contributed by atoms with Crippen molar-refractivity contribution in [2.45, 2.75) is 44.2 Å². The monoisotopic (exact) mass is 259 g/mol. The highest BCUT2D eigenvalue weighted by atomic mass is 16.3. The van der Waals surface area contributed by atoms with Crippen LogP contribution in [0.4, 0.5) is 0 Å². The first-order chi connectivity index (χ1) is 9.27. The van der Waals surface area contributed by atoms with Gasteiger partial charge in [0.25, 0.3) is 5.91 Å². The van der Waals surface area contributed by atoms with E-state index in [9.17, 15) is 9.90 Å². The van der Waals surface area contributed by atoms with Crippen LogP contribution in [-0.2, 0) is 4.79 Å². The van der Waals surface area contributed by atoms with E-state index >= 15 is 0 Å². The molecule has 2 fully saturated rings. The number of likely N-dealkylation sites (tertiary alicyclic amines) is 1. The summed E-state index contributed by atoms with van der Waals surface area (Å²) < 4.78 is 0. The molecular weight excluding hydrogens is 238 g/mol. The molecule has 2 aliphatic rings. The summed E-state index contributed by atoms with van der Waals surface area (Å²) >= 11 is 0. The molecule has 0 spiro atoms. The number of aliphatic hydroxyl groups excluding tert-OH is 1. The Morgan fingerprint density at radius 3 is 2.68 bits per heavy atom. The fourth-order valence-corrected chi connectivity index (χ4v) is 3.66. The molecule has 0 bridgehead atoms. The van der Waals surface area contributed by atoms with Crippen LogP contribution in [-0.4, -0.2) is 28.5 Å².